The number of nitrogen functional groups attached to an aromatic ring is 1. The number of nitrogens with two attached hydrogens (primary N) is 1. The summed E-state index contributed by atoms with van der Waals surface area (Å²) in [7, 11) is 0. The average molecular weight is 560 g/mol. The van der Waals surface area contributed by atoms with Gasteiger partial charge in [0.1, 0.15) is 28.7 Å². The predicted molar refractivity (Wildman–Crippen MR) is 149 cm³/mol. The van der Waals surface area contributed by atoms with Crippen molar-refractivity contribution < 1.29 is 18.0 Å². The number of fused-ring (bicyclic) bond motifs is 3. The summed E-state index contributed by atoms with van der Waals surface area (Å²) in [4.78, 5) is 28.8. The maximum atomic E-state index is 13.1. The van der Waals surface area contributed by atoms with E-state index in [2.05, 4.69) is 32.0 Å². The van der Waals surface area contributed by atoms with Gasteiger partial charge in [-0.2, -0.15) is 13.2 Å². The van der Waals surface area contributed by atoms with Gasteiger partial charge in [0.05, 0.1) is 17.6 Å². The van der Waals surface area contributed by atoms with Crippen molar-refractivity contribution in [3.63, 3.8) is 0 Å². The summed E-state index contributed by atoms with van der Waals surface area (Å²) in [5.74, 6) is 6.77. The zero-order valence-corrected chi connectivity index (χ0v) is 22.6. The van der Waals surface area contributed by atoms with E-state index in [-0.39, 0.29) is 16.9 Å². The summed E-state index contributed by atoms with van der Waals surface area (Å²) in [5.41, 5.74) is 8.45. The van der Waals surface area contributed by atoms with E-state index in [9.17, 15) is 18.0 Å². The number of carbonyl (C=O) groups is 1. The van der Waals surface area contributed by atoms with Gasteiger partial charge in [0.25, 0.3) is 5.91 Å². The molecule has 0 aliphatic carbocycles. The van der Waals surface area contributed by atoms with E-state index in [0.29, 0.717) is 29.6 Å². The Balaban J connectivity index is 1.37. The molecule has 0 unspecified atom stereocenters. The van der Waals surface area contributed by atoms with Gasteiger partial charge in [-0.3, -0.25) is 14.1 Å². The molecular weight excluding hydrogens is 531 g/mol. The number of benzene rings is 1. The summed E-state index contributed by atoms with van der Waals surface area (Å²) in [6, 6.07) is 7.21. The van der Waals surface area contributed by atoms with Crippen LogP contribution in [0.15, 0.2) is 48.9 Å². The fraction of sp³-hybridized carbons (Fsp3) is 0.333. The Bertz CT molecular complexity index is 1730. The number of halogens is 3. The van der Waals surface area contributed by atoms with Gasteiger partial charge in [0.2, 0.25) is 0 Å². The van der Waals surface area contributed by atoms with E-state index < -0.39 is 17.6 Å². The maximum absolute atomic E-state index is 13.1. The second-order valence-corrected chi connectivity index (χ2v) is 10.5. The van der Waals surface area contributed by atoms with Crippen molar-refractivity contribution in [2.45, 2.75) is 57.3 Å². The number of nitrogens with zero attached hydrogens (tertiary/aromatic N) is 5. The van der Waals surface area contributed by atoms with E-state index in [0.717, 1.165) is 61.0 Å². The van der Waals surface area contributed by atoms with Gasteiger partial charge < -0.3 is 11.1 Å². The van der Waals surface area contributed by atoms with Gasteiger partial charge in [0.15, 0.2) is 0 Å². The van der Waals surface area contributed by atoms with Crippen molar-refractivity contribution in [3.05, 3.63) is 71.4 Å². The summed E-state index contributed by atoms with van der Waals surface area (Å²) >= 11 is 0. The van der Waals surface area contributed by atoms with Crippen LogP contribution in [-0.4, -0.2) is 42.7 Å². The number of amides is 1. The number of alkyl halides is 3. The summed E-state index contributed by atoms with van der Waals surface area (Å²) < 4.78 is 41.3. The average Bonchev–Trinajstić information content (AvgIpc) is 3.62. The van der Waals surface area contributed by atoms with E-state index in [1.807, 2.05) is 24.4 Å². The van der Waals surface area contributed by atoms with Gasteiger partial charge in [-0.15, -0.1) is 5.92 Å². The van der Waals surface area contributed by atoms with Crippen LogP contribution in [0.3, 0.4) is 0 Å². The third-order valence-electron chi connectivity index (χ3n) is 8.27. The summed E-state index contributed by atoms with van der Waals surface area (Å²) in [6.07, 6.45) is 4.16. The molecule has 210 valence electrons. The lowest BCUT2D eigenvalue weighted by Gasteiger charge is -2.32. The van der Waals surface area contributed by atoms with E-state index in [1.165, 1.54) is 0 Å². The zero-order valence-electron chi connectivity index (χ0n) is 22.6. The van der Waals surface area contributed by atoms with Gasteiger partial charge in [0, 0.05) is 35.8 Å². The Kier molecular flexibility index (Phi) is 6.46. The number of hydrogen-bond acceptors (Lipinski definition) is 6. The first kappa shape index (κ1) is 26.8. The number of carbonyl (C=O) groups excluding carboxylic acids is 1. The minimum absolute atomic E-state index is 0.182. The number of aromatic nitrogens is 4. The smallest absolute Gasteiger partial charge is 0.382 e. The number of anilines is 2. The van der Waals surface area contributed by atoms with Crippen LogP contribution in [0.5, 0.6) is 0 Å². The number of hydrogen-bond donors (Lipinski definition) is 2. The molecule has 3 aromatic heterocycles. The minimum atomic E-state index is -4.54. The molecule has 5 heterocycles. The van der Waals surface area contributed by atoms with Crippen molar-refractivity contribution in [3.8, 4) is 23.1 Å². The number of aryl methyl sites for hydroxylation is 1. The summed E-state index contributed by atoms with van der Waals surface area (Å²) in [6.45, 7) is 4.38. The third-order valence-corrected chi connectivity index (χ3v) is 8.27. The molecule has 11 heteroatoms. The van der Waals surface area contributed by atoms with Crippen LogP contribution in [-0.2, 0) is 11.7 Å². The van der Waals surface area contributed by atoms with Gasteiger partial charge in [-0.05, 0) is 69.4 Å². The largest absolute Gasteiger partial charge is 0.416 e. The number of pyridine rings is 1. The normalized spacial score (nSPS) is 20.3. The molecule has 8 nitrogen and oxygen atoms in total. The number of imidazole rings is 1. The Morgan fingerprint density at radius 1 is 1.17 bits per heavy atom. The number of rotatable bonds is 5. The van der Waals surface area contributed by atoms with Gasteiger partial charge in [-0.25, -0.2) is 15.0 Å². The van der Waals surface area contributed by atoms with Crippen LogP contribution in [0.1, 0.15) is 59.9 Å². The fourth-order valence-corrected chi connectivity index (χ4v) is 6.34. The first-order chi connectivity index (χ1) is 19.6. The first-order valence-electron chi connectivity index (χ1n) is 13.4. The van der Waals surface area contributed by atoms with Crippen molar-refractivity contribution in [2.75, 3.05) is 17.6 Å². The monoisotopic (exact) mass is 559 g/mol. The number of nitrogens with one attached hydrogen (secondary N) is 1. The molecule has 2 bridgehead atoms. The second kappa shape index (κ2) is 9.89. The predicted octanol–water partition coefficient (Wildman–Crippen LogP) is 5.43. The molecule has 0 spiro atoms. The van der Waals surface area contributed by atoms with Crippen LogP contribution >= 0.6 is 0 Å². The first-order valence-corrected chi connectivity index (χ1v) is 13.4. The zero-order chi connectivity index (χ0) is 28.9. The van der Waals surface area contributed by atoms with E-state index >= 15 is 0 Å². The molecule has 2 aliphatic rings. The van der Waals surface area contributed by atoms with Crippen molar-refractivity contribution in [1.82, 2.24) is 24.3 Å². The molecule has 0 atom stereocenters. The highest BCUT2D eigenvalue weighted by atomic mass is 19.4. The van der Waals surface area contributed by atoms with Crippen molar-refractivity contribution >= 4 is 23.1 Å². The Morgan fingerprint density at radius 3 is 2.66 bits per heavy atom. The molecule has 1 amide bonds. The van der Waals surface area contributed by atoms with E-state index in [4.69, 9.17) is 10.7 Å². The molecule has 6 rings (SSSR count). The Hall–Kier alpha value is -4.43. The molecular formula is C30H28F3N7O. The van der Waals surface area contributed by atoms with Crippen LogP contribution in [0, 0.1) is 18.8 Å². The topological polar surface area (TPSA) is 101 Å². The standard InChI is InChI=1S/C30H28F3N7O/c1-3-4-14-40-21-7-10-29(40,11-8-21)28-38-24(25-26(34)36-13-15-39(25)28)22-6-5-19(16-18(22)2)27(41)37-23-17-20(9-12-35-23)30(31,32)33/h5-6,9,12-13,15-17,21H,7-8,10-11,14H2,1-2H3,(H2,34,36)(H,35,37,41). The highest BCUT2D eigenvalue weighted by Crippen LogP contribution is 2.53. The summed E-state index contributed by atoms with van der Waals surface area (Å²) in [5, 5.41) is 2.46. The molecule has 1 aromatic carbocycles. The van der Waals surface area contributed by atoms with Crippen LogP contribution in [0.4, 0.5) is 24.8 Å². The molecule has 3 N–H and O–H groups in total. The molecule has 4 aromatic rings. The fourth-order valence-electron chi connectivity index (χ4n) is 6.34. The SMILES string of the molecule is CC#CCN1C2CCC1(c1nc(-c3ccc(C(=O)Nc4cc(C(F)(F)F)ccn4)cc3C)c3c(N)nccn13)CC2. The molecule has 0 saturated carbocycles. The molecule has 41 heavy (non-hydrogen) atoms. The third kappa shape index (κ3) is 4.48. The lowest BCUT2D eigenvalue weighted by atomic mass is 9.87. The van der Waals surface area contributed by atoms with Crippen LogP contribution < -0.4 is 11.1 Å². The quantitative estimate of drug-likeness (QED) is 0.316. The molecule has 2 aliphatic heterocycles. The molecule has 2 saturated heterocycles. The van der Waals surface area contributed by atoms with Crippen molar-refractivity contribution in [2.24, 2.45) is 0 Å². The minimum Gasteiger partial charge on any atom is -0.382 e. The lowest BCUT2D eigenvalue weighted by molar-refractivity contribution is -0.137. The Labute approximate surface area is 234 Å². The molecule has 2 fully saturated rings. The second-order valence-electron chi connectivity index (χ2n) is 10.5. The highest BCUT2D eigenvalue weighted by molar-refractivity contribution is 6.04. The molecule has 0 radical (unpaired) electrons. The van der Waals surface area contributed by atoms with E-state index in [1.54, 1.807) is 24.4 Å². The Morgan fingerprint density at radius 2 is 1.95 bits per heavy atom. The van der Waals surface area contributed by atoms with Crippen LogP contribution in [0.2, 0.25) is 0 Å². The maximum Gasteiger partial charge on any atom is 0.416 e. The van der Waals surface area contributed by atoms with Gasteiger partial charge >= 0.3 is 6.18 Å². The van der Waals surface area contributed by atoms with Crippen LogP contribution in [0.25, 0.3) is 16.8 Å². The van der Waals surface area contributed by atoms with Gasteiger partial charge in [-0.1, -0.05) is 12.0 Å². The van der Waals surface area contributed by atoms with Crippen molar-refractivity contribution in [1.29, 1.82) is 0 Å². The highest BCUT2D eigenvalue weighted by Gasteiger charge is 2.54. The lowest BCUT2D eigenvalue weighted by Crippen LogP contribution is -2.40.